The first-order valence-electron chi connectivity index (χ1n) is 6.08. The van der Waals surface area contributed by atoms with Crippen LogP contribution in [0, 0.1) is 0 Å². The molecule has 0 fully saturated rings. The predicted octanol–water partition coefficient (Wildman–Crippen LogP) is 2.40. The van der Waals surface area contributed by atoms with Crippen LogP contribution in [0.5, 0.6) is 0 Å². The molecule has 0 saturated carbocycles. The van der Waals surface area contributed by atoms with Crippen LogP contribution in [0.4, 0.5) is 0 Å². The topological polar surface area (TPSA) is 45.1 Å². The molecule has 0 spiro atoms. The second-order valence-corrected chi connectivity index (χ2v) is 5.09. The molecule has 2 rings (SSSR count). The van der Waals surface area contributed by atoms with Gasteiger partial charge in [-0.2, -0.15) is 0 Å². The summed E-state index contributed by atoms with van der Waals surface area (Å²) in [6, 6.07) is 10.4. The van der Waals surface area contributed by atoms with Crippen molar-refractivity contribution in [3.63, 3.8) is 0 Å². The van der Waals surface area contributed by atoms with Crippen LogP contribution in [-0.4, -0.2) is 22.7 Å². The molecule has 1 aromatic carbocycles. The number of aromatic nitrogens is 1. The Bertz CT molecular complexity index is 444. The van der Waals surface area contributed by atoms with Gasteiger partial charge in [-0.25, -0.2) is 4.98 Å². The van der Waals surface area contributed by atoms with Gasteiger partial charge < -0.3 is 10.4 Å². The maximum absolute atomic E-state index is 9.45. The third-order valence-corrected chi connectivity index (χ3v) is 3.53. The van der Waals surface area contributed by atoms with E-state index in [1.165, 1.54) is 5.56 Å². The molecule has 3 nitrogen and oxygen atoms in total. The molecule has 1 heterocycles. The van der Waals surface area contributed by atoms with Crippen LogP contribution < -0.4 is 5.32 Å². The third kappa shape index (κ3) is 3.63. The summed E-state index contributed by atoms with van der Waals surface area (Å²) in [5.74, 6) is 0. The summed E-state index contributed by atoms with van der Waals surface area (Å²) in [5, 5.41) is 14.9. The Hall–Kier alpha value is -1.23. The van der Waals surface area contributed by atoms with Crippen molar-refractivity contribution in [3.05, 3.63) is 52.5 Å². The number of nitrogens with one attached hydrogen (secondary N) is 1. The molecule has 0 saturated heterocycles. The van der Waals surface area contributed by atoms with Gasteiger partial charge in [0.2, 0.25) is 0 Å². The lowest BCUT2D eigenvalue weighted by atomic mass is 10.1. The minimum Gasteiger partial charge on any atom is -0.395 e. The van der Waals surface area contributed by atoms with Gasteiger partial charge in [0.1, 0.15) is 0 Å². The molecular weight excluding hydrogens is 244 g/mol. The van der Waals surface area contributed by atoms with E-state index in [9.17, 15) is 5.11 Å². The summed E-state index contributed by atoms with van der Waals surface area (Å²) in [7, 11) is 0. The highest BCUT2D eigenvalue weighted by atomic mass is 32.1. The number of nitrogens with zero attached hydrogens (tertiary/aromatic N) is 1. The molecule has 0 aliphatic carbocycles. The fourth-order valence-electron chi connectivity index (χ4n) is 1.95. The SMILES string of the molecule is CC(N[C@@H](CO)Cc1ccccc1)c1cscn1. The Labute approximate surface area is 112 Å². The van der Waals surface area contributed by atoms with Gasteiger partial charge in [0, 0.05) is 17.5 Å². The van der Waals surface area contributed by atoms with Gasteiger partial charge in [-0.15, -0.1) is 11.3 Å². The van der Waals surface area contributed by atoms with E-state index in [4.69, 9.17) is 0 Å². The van der Waals surface area contributed by atoms with Crippen LogP contribution in [0.15, 0.2) is 41.2 Å². The first-order valence-corrected chi connectivity index (χ1v) is 7.03. The fourth-order valence-corrected chi connectivity index (χ4v) is 2.60. The van der Waals surface area contributed by atoms with Crippen LogP contribution in [0.1, 0.15) is 24.2 Å². The second kappa shape index (κ2) is 6.64. The molecule has 0 aliphatic rings. The van der Waals surface area contributed by atoms with E-state index in [1.54, 1.807) is 11.3 Å². The highest BCUT2D eigenvalue weighted by Gasteiger charge is 2.14. The molecule has 4 heteroatoms. The Morgan fingerprint density at radius 3 is 2.72 bits per heavy atom. The summed E-state index contributed by atoms with van der Waals surface area (Å²) in [6.07, 6.45) is 0.825. The number of thiazole rings is 1. The fraction of sp³-hybridized carbons (Fsp3) is 0.357. The summed E-state index contributed by atoms with van der Waals surface area (Å²) in [6.45, 7) is 2.20. The van der Waals surface area contributed by atoms with E-state index < -0.39 is 0 Å². The van der Waals surface area contributed by atoms with Gasteiger partial charge in [-0.05, 0) is 18.9 Å². The Morgan fingerprint density at radius 2 is 2.11 bits per heavy atom. The van der Waals surface area contributed by atoms with Crippen molar-refractivity contribution in [2.24, 2.45) is 0 Å². The van der Waals surface area contributed by atoms with Gasteiger partial charge in [-0.3, -0.25) is 0 Å². The lowest BCUT2D eigenvalue weighted by molar-refractivity contribution is 0.232. The molecule has 18 heavy (non-hydrogen) atoms. The average molecular weight is 262 g/mol. The molecular formula is C14H18N2OS. The monoisotopic (exact) mass is 262 g/mol. The number of benzene rings is 1. The van der Waals surface area contributed by atoms with Crippen molar-refractivity contribution in [1.29, 1.82) is 0 Å². The first kappa shape index (κ1) is 13.2. The Morgan fingerprint density at radius 1 is 1.33 bits per heavy atom. The summed E-state index contributed by atoms with van der Waals surface area (Å²) >= 11 is 1.59. The van der Waals surface area contributed by atoms with E-state index in [2.05, 4.69) is 29.4 Å². The van der Waals surface area contributed by atoms with Crippen molar-refractivity contribution < 1.29 is 5.11 Å². The summed E-state index contributed by atoms with van der Waals surface area (Å²) < 4.78 is 0. The molecule has 2 aromatic rings. The minimum absolute atomic E-state index is 0.0594. The molecule has 1 aromatic heterocycles. The van der Waals surface area contributed by atoms with E-state index in [1.807, 2.05) is 29.1 Å². The highest BCUT2D eigenvalue weighted by Crippen LogP contribution is 2.14. The number of hydrogen-bond acceptors (Lipinski definition) is 4. The number of hydrogen-bond donors (Lipinski definition) is 2. The standard InChI is InChI=1S/C14H18N2OS/c1-11(14-9-18-10-15-14)16-13(8-17)7-12-5-3-2-4-6-12/h2-6,9-11,13,16-17H,7-8H2,1H3/t11?,13-/m1/s1. The van der Waals surface area contributed by atoms with E-state index in [-0.39, 0.29) is 18.7 Å². The zero-order chi connectivity index (χ0) is 12.8. The van der Waals surface area contributed by atoms with Crippen LogP contribution in [0.2, 0.25) is 0 Å². The van der Waals surface area contributed by atoms with Crippen molar-refractivity contribution in [2.45, 2.75) is 25.4 Å². The van der Waals surface area contributed by atoms with Gasteiger partial charge in [-0.1, -0.05) is 30.3 Å². The molecule has 96 valence electrons. The summed E-state index contributed by atoms with van der Waals surface area (Å²) in [4.78, 5) is 4.28. The van der Waals surface area contributed by atoms with E-state index >= 15 is 0 Å². The van der Waals surface area contributed by atoms with E-state index in [0.29, 0.717) is 0 Å². The van der Waals surface area contributed by atoms with E-state index in [0.717, 1.165) is 12.1 Å². The minimum atomic E-state index is 0.0594. The molecule has 0 aliphatic heterocycles. The molecule has 2 atom stereocenters. The van der Waals surface area contributed by atoms with Crippen molar-refractivity contribution in [3.8, 4) is 0 Å². The smallest absolute Gasteiger partial charge is 0.0795 e. The molecule has 2 N–H and O–H groups in total. The molecule has 0 bridgehead atoms. The van der Waals surface area contributed by atoms with Gasteiger partial charge >= 0.3 is 0 Å². The molecule has 0 amide bonds. The average Bonchev–Trinajstić information content (AvgIpc) is 2.93. The molecule has 0 radical (unpaired) electrons. The second-order valence-electron chi connectivity index (χ2n) is 4.37. The van der Waals surface area contributed by atoms with Gasteiger partial charge in [0.25, 0.3) is 0 Å². The lowest BCUT2D eigenvalue weighted by Crippen LogP contribution is -2.36. The van der Waals surface area contributed by atoms with Gasteiger partial charge in [0.15, 0.2) is 0 Å². The maximum atomic E-state index is 9.45. The number of aliphatic hydroxyl groups excluding tert-OH is 1. The Balaban J connectivity index is 1.93. The van der Waals surface area contributed by atoms with Crippen molar-refractivity contribution in [2.75, 3.05) is 6.61 Å². The zero-order valence-corrected chi connectivity index (χ0v) is 11.2. The lowest BCUT2D eigenvalue weighted by Gasteiger charge is -2.20. The first-order chi connectivity index (χ1) is 8.79. The number of rotatable bonds is 6. The summed E-state index contributed by atoms with van der Waals surface area (Å²) in [5.41, 5.74) is 4.10. The zero-order valence-electron chi connectivity index (χ0n) is 10.4. The third-order valence-electron chi connectivity index (χ3n) is 2.93. The quantitative estimate of drug-likeness (QED) is 0.840. The normalized spacial score (nSPS) is 14.3. The predicted molar refractivity (Wildman–Crippen MR) is 74.7 cm³/mol. The van der Waals surface area contributed by atoms with Gasteiger partial charge in [0.05, 0.1) is 17.8 Å². The van der Waals surface area contributed by atoms with Crippen LogP contribution in [-0.2, 0) is 6.42 Å². The van der Waals surface area contributed by atoms with Crippen LogP contribution in [0.25, 0.3) is 0 Å². The van der Waals surface area contributed by atoms with Crippen molar-refractivity contribution >= 4 is 11.3 Å². The Kier molecular flexibility index (Phi) is 4.87. The van der Waals surface area contributed by atoms with Crippen LogP contribution >= 0.6 is 11.3 Å². The maximum Gasteiger partial charge on any atom is 0.0795 e. The highest BCUT2D eigenvalue weighted by molar-refractivity contribution is 7.07. The van der Waals surface area contributed by atoms with Crippen LogP contribution in [0.3, 0.4) is 0 Å². The van der Waals surface area contributed by atoms with Crippen molar-refractivity contribution in [1.82, 2.24) is 10.3 Å². The molecule has 1 unspecified atom stereocenters. The number of aliphatic hydroxyl groups is 1. The largest absolute Gasteiger partial charge is 0.395 e.